The zero-order chi connectivity index (χ0) is 24.3. The van der Waals surface area contributed by atoms with E-state index in [0.717, 1.165) is 35.1 Å². The van der Waals surface area contributed by atoms with E-state index in [1.54, 1.807) is 6.92 Å². The largest absolute Gasteiger partial charge is 0.480 e. The lowest BCUT2D eigenvalue weighted by atomic mass is 9.98. The second-order valence-electron chi connectivity index (χ2n) is 9.34. The minimum Gasteiger partial charge on any atom is -0.480 e. The summed E-state index contributed by atoms with van der Waals surface area (Å²) < 4.78 is 5.63. The zero-order valence-electron chi connectivity index (χ0n) is 19.8. The van der Waals surface area contributed by atoms with Crippen LogP contribution < -0.4 is 5.32 Å². The highest BCUT2D eigenvalue weighted by atomic mass is 16.5. The number of hydrogen-bond donors (Lipinski definition) is 2. The van der Waals surface area contributed by atoms with Crippen LogP contribution in [0.4, 0.5) is 4.79 Å². The standard InChI is InChI=1S/C27H32N2O5/c1-3-4-14-23(24(30)29-16-9-15-27(29,2)25(31)32)28-26(33)34-17-22-20-12-7-5-10-18(20)19-11-6-8-13-21(19)22/h5-8,10-13,22-23H,3-4,9,14-17H2,1-2H3,(H,28,33)(H,31,32)/t23-,27?/m0/s1. The second-order valence-corrected chi connectivity index (χ2v) is 9.34. The maximum absolute atomic E-state index is 13.3. The van der Waals surface area contributed by atoms with Gasteiger partial charge in [-0.05, 0) is 48.4 Å². The zero-order valence-corrected chi connectivity index (χ0v) is 19.8. The molecule has 0 spiro atoms. The average molecular weight is 465 g/mol. The van der Waals surface area contributed by atoms with Crippen LogP contribution in [0.5, 0.6) is 0 Å². The van der Waals surface area contributed by atoms with Gasteiger partial charge in [0.05, 0.1) is 0 Å². The van der Waals surface area contributed by atoms with Crippen molar-refractivity contribution < 1.29 is 24.2 Å². The molecule has 1 fully saturated rings. The number of fused-ring (bicyclic) bond motifs is 3. The lowest BCUT2D eigenvalue weighted by Crippen LogP contribution is -2.57. The fraction of sp³-hybridized carbons (Fsp3) is 0.444. The van der Waals surface area contributed by atoms with Crippen LogP contribution in [0.2, 0.25) is 0 Å². The van der Waals surface area contributed by atoms with E-state index < -0.39 is 23.6 Å². The van der Waals surface area contributed by atoms with Gasteiger partial charge in [-0.3, -0.25) is 4.79 Å². The summed E-state index contributed by atoms with van der Waals surface area (Å²) in [5.41, 5.74) is 3.27. The number of alkyl carbamates (subject to hydrolysis) is 1. The molecule has 7 heteroatoms. The quantitative estimate of drug-likeness (QED) is 0.598. The molecule has 180 valence electrons. The van der Waals surface area contributed by atoms with Crippen molar-refractivity contribution in [3.05, 3.63) is 59.7 Å². The predicted octanol–water partition coefficient (Wildman–Crippen LogP) is 4.55. The molecule has 0 radical (unpaired) electrons. The summed E-state index contributed by atoms with van der Waals surface area (Å²) in [6, 6.07) is 15.4. The van der Waals surface area contributed by atoms with Crippen LogP contribution in [-0.4, -0.2) is 52.7 Å². The summed E-state index contributed by atoms with van der Waals surface area (Å²) in [5.74, 6) is -1.45. The molecule has 1 aliphatic carbocycles. The molecule has 1 unspecified atom stereocenters. The number of ether oxygens (including phenoxy) is 1. The number of rotatable bonds is 8. The number of nitrogens with one attached hydrogen (secondary N) is 1. The van der Waals surface area contributed by atoms with Crippen molar-refractivity contribution in [1.29, 1.82) is 0 Å². The fourth-order valence-corrected chi connectivity index (χ4v) is 5.17. The van der Waals surface area contributed by atoms with E-state index in [4.69, 9.17) is 4.74 Å². The lowest BCUT2D eigenvalue weighted by molar-refractivity contribution is -0.156. The Kier molecular flexibility index (Phi) is 6.91. The van der Waals surface area contributed by atoms with Crippen molar-refractivity contribution in [2.75, 3.05) is 13.2 Å². The van der Waals surface area contributed by atoms with Gasteiger partial charge in [-0.1, -0.05) is 68.3 Å². The smallest absolute Gasteiger partial charge is 0.407 e. The first-order chi connectivity index (χ1) is 16.4. The number of amides is 2. The minimum atomic E-state index is -1.25. The van der Waals surface area contributed by atoms with Crippen LogP contribution in [0.15, 0.2) is 48.5 Å². The number of hydrogen-bond acceptors (Lipinski definition) is 4. The number of carbonyl (C=O) groups is 3. The molecule has 0 aromatic heterocycles. The van der Waals surface area contributed by atoms with Crippen molar-refractivity contribution >= 4 is 18.0 Å². The number of carboxylic acids is 1. The third-order valence-electron chi connectivity index (χ3n) is 7.15. The molecule has 2 aliphatic rings. The van der Waals surface area contributed by atoms with Gasteiger partial charge in [-0.2, -0.15) is 0 Å². The van der Waals surface area contributed by atoms with E-state index in [1.807, 2.05) is 31.2 Å². The van der Waals surface area contributed by atoms with E-state index >= 15 is 0 Å². The summed E-state index contributed by atoms with van der Waals surface area (Å²) in [5, 5.41) is 12.4. The normalized spacial score (nSPS) is 19.9. The summed E-state index contributed by atoms with van der Waals surface area (Å²) in [4.78, 5) is 39.3. The van der Waals surface area contributed by atoms with Gasteiger partial charge in [0.25, 0.3) is 0 Å². The maximum atomic E-state index is 13.3. The van der Waals surface area contributed by atoms with Gasteiger partial charge >= 0.3 is 12.1 Å². The van der Waals surface area contributed by atoms with Crippen LogP contribution in [0.25, 0.3) is 11.1 Å². The Balaban J connectivity index is 1.45. The molecule has 4 rings (SSSR count). The Morgan fingerprint density at radius 3 is 2.32 bits per heavy atom. The van der Waals surface area contributed by atoms with Crippen LogP contribution in [0, 0.1) is 0 Å². The van der Waals surface area contributed by atoms with Gasteiger partial charge in [-0.25, -0.2) is 9.59 Å². The van der Waals surface area contributed by atoms with Crippen LogP contribution in [-0.2, 0) is 14.3 Å². The van der Waals surface area contributed by atoms with Gasteiger partial charge in [0.15, 0.2) is 0 Å². The molecule has 2 N–H and O–H groups in total. The summed E-state index contributed by atoms with van der Waals surface area (Å²) >= 11 is 0. The molecule has 0 saturated carbocycles. The molecule has 1 aliphatic heterocycles. The Morgan fingerprint density at radius 1 is 1.12 bits per heavy atom. The highest BCUT2D eigenvalue weighted by molar-refractivity contribution is 5.91. The SMILES string of the molecule is CCCC[C@H](NC(=O)OCC1c2ccccc2-c2ccccc21)C(=O)N1CCCC1(C)C(=O)O. The third kappa shape index (κ3) is 4.39. The molecule has 34 heavy (non-hydrogen) atoms. The average Bonchev–Trinajstić information content (AvgIpc) is 3.39. The fourth-order valence-electron chi connectivity index (χ4n) is 5.17. The number of carbonyl (C=O) groups excluding carboxylic acids is 2. The summed E-state index contributed by atoms with van der Waals surface area (Å²) in [7, 11) is 0. The van der Waals surface area contributed by atoms with Crippen molar-refractivity contribution in [1.82, 2.24) is 10.2 Å². The Morgan fingerprint density at radius 2 is 1.74 bits per heavy atom. The number of unbranched alkanes of at least 4 members (excludes halogenated alkanes) is 1. The molecule has 2 amide bonds. The molecule has 1 heterocycles. The minimum absolute atomic E-state index is 0.0724. The van der Waals surface area contributed by atoms with Crippen molar-refractivity contribution in [2.45, 2.75) is 63.5 Å². The van der Waals surface area contributed by atoms with E-state index in [2.05, 4.69) is 29.6 Å². The molecule has 7 nitrogen and oxygen atoms in total. The monoisotopic (exact) mass is 464 g/mol. The number of carboxylic acid groups (broad SMARTS) is 1. The highest BCUT2D eigenvalue weighted by Crippen LogP contribution is 2.44. The first-order valence-electron chi connectivity index (χ1n) is 12.0. The Labute approximate surface area is 200 Å². The van der Waals surface area contributed by atoms with Gasteiger partial charge in [0.1, 0.15) is 18.2 Å². The van der Waals surface area contributed by atoms with Crippen molar-refractivity contribution in [3.8, 4) is 11.1 Å². The Bertz CT molecular complexity index is 1040. The molecule has 2 aromatic carbocycles. The molecule has 1 saturated heterocycles. The van der Waals surface area contributed by atoms with Crippen LogP contribution in [0.1, 0.15) is 63.0 Å². The van der Waals surface area contributed by atoms with Crippen molar-refractivity contribution in [3.63, 3.8) is 0 Å². The second kappa shape index (κ2) is 9.87. The first-order valence-corrected chi connectivity index (χ1v) is 12.0. The van der Waals surface area contributed by atoms with Crippen molar-refractivity contribution in [2.24, 2.45) is 0 Å². The highest BCUT2D eigenvalue weighted by Gasteiger charge is 2.47. The van der Waals surface area contributed by atoms with Gasteiger partial charge in [0, 0.05) is 12.5 Å². The van der Waals surface area contributed by atoms with Crippen LogP contribution in [0.3, 0.4) is 0 Å². The molecular formula is C27H32N2O5. The van der Waals surface area contributed by atoms with Crippen LogP contribution >= 0.6 is 0 Å². The predicted molar refractivity (Wildman–Crippen MR) is 129 cm³/mol. The number of nitrogens with zero attached hydrogens (tertiary/aromatic N) is 1. The Hall–Kier alpha value is -3.35. The number of benzene rings is 2. The van der Waals surface area contributed by atoms with E-state index in [9.17, 15) is 19.5 Å². The van der Waals surface area contributed by atoms with Gasteiger partial charge in [0.2, 0.25) is 5.91 Å². The molecule has 0 bridgehead atoms. The maximum Gasteiger partial charge on any atom is 0.407 e. The van der Waals surface area contributed by atoms with E-state index in [-0.39, 0.29) is 18.4 Å². The number of likely N-dealkylation sites (tertiary alicyclic amines) is 1. The molecular weight excluding hydrogens is 432 g/mol. The molecule has 2 atom stereocenters. The van der Waals surface area contributed by atoms with E-state index in [0.29, 0.717) is 25.8 Å². The molecule has 2 aromatic rings. The third-order valence-corrected chi connectivity index (χ3v) is 7.15. The van der Waals surface area contributed by atoms with Gasteiger partial charge < -0.3 is 20.1 Å². The first kappa shape index (κ1) is 23.8. The lowest BCUT2D eigenvalue weighted by Gasteiger charge is -2.34. The topological polar surface area (TPSA) is 95.9 Å². The number of aliphatic carboxylic acids is 1. The summed E-state index contributed by atoms with van der Waals surface area (Å²) in [6.07, 6.45) is 2.39. The summed E-state index contributed by atoms with van der Waals surface area (Å²) in [6.45, 7) is 4.11. The van der Waals surface area contributed by atoms with E-state index in [1.165, 1.54) is 4.90 Å². The van der Waals surface area contributed by atoms with Gasteiger partial charge in [-0.15, -0.1) is 0 Å².